The van der Waals surface area contributed by atoms with Crippen molar-refractivity contribution >= 4 is 6.09 Å². The van der Waals surface area contributed by atoms with Crippen molar-refractivity contribution in [2.45, 2.75) is 51.1 Å². The molecule has 2 aliphatic heterocycles. The second kappa shape index (κ2) is 5.26. The van der Waals surface area contributed by atoms with E-state index in [1.54, 1.807) is 4.90 Å². The van der Waals surface area contributed by atoms with Gasteiger partial charge in [0.05, 0.1) is 12.7 Å². The van der Waals surface area contributed by atoms with Crippen LogP contribution in [-0.4, -0.2) is 54.7 Å². The van der Waals surface area contributed by atoms with Crippen LogP contribution in [0.5, 0.6) is 0 Å². The molecule has 2 saturated heterocycles. The summed E-state index contributed by atoms with van der Waals surface area (Å²) in [6.07, 6.45) is 1.05. The molecule has 0 aromatic heterocycles. The Hall–Kier alpha value is -0.850. The fourth-order valence-corrected chi connectivity index (χ4v) is 2.35. The number of carbonyl (C=O) groups excluding carboxylic acids is 1. The predicted molar refractivity (Wildman–Crippen MR) is 69.7 cm³/mol. The molecule has 0 bridgehead atoms. The molecule has 19 heavy (non-hydrogen) atoms. The van der Waals surface area contributed by atoms with Crippen LogP contribution < -0.4 is 5.73 Å². The van der Waals surface area contributed by atoms with Gasteiger partial charge in [0.25, 0.3) is 0 Å². The third-order valence-corrected chi connectivity index (χ3v) is 3.35. The number of amides is 1. The molecule has 2 heterocycles. The lowest BCUT2D eigenvalue weighted by molar-refractivity contribution is -0.192. The van der Waals surface area contributed by atoms with Crippen LogP contribution in [0.15, 0.2) is 0 Å². The maximum atomic E-state index is 11.9. The number of nitrogens with two attached hydrogens (primary N) is 1. The van der Waals surface area contributed by atoms with E-state index in [4.69, 9.17) is 19.9 Å². The highest BCUT2D eigenvalue weighted by atomic mass is 16.7. The van der Waals surface area contributed by atoms with E-state index in [0.29, 0.717) is 39.1 Å². The Morgan fingerprint density at radius 3 is 2.53 bits per heavy atom. The SMILES string of the molecule is CC(C)(C)OC(=O)N1CCC2(CC1)OCC(CN)O2. The molecular weight excluding hydrogens is 248 g/mol. The normalized spacial score (nSPS) is 26.7. The van der Waals surface area contributed by atoms with Gasteiger partial charge in [-0.1, -0.05) is 0 Å². The molecule has 6 nitrogen and oxygen atoms in total. The number of carbonyl (C=O) groups is 1. The van der Waals surface area contributed by atoms with E-state index >= 15 is 0 Å². The van der Waals surface area contributed by atoms with Crippen LogP contribution in [-0.2, 0) is 14.2 Å². The van der Waals surface area contributed by atoms with Gasteiger partial charge >= 0.3 is 6.09 Å². The first-order valence-electron chi connectivity index (χ1n) is 6.83. The standard InChI is InChI=1S/C13H24N2O4/c1-12(2,3)19-11(16)15-6-4-13(5-7-15)17-9-10(8-14)18-13/h10H,4-9,14H2,1-3H3. The van der Waals surface area contributed by atoms with Crippen molar-refractivity contribution in [2.75, 3.05) is 26.2 Å². The number of rotatable bonds is 1. The summed E-state index contributed by atoms with van der Waals surface area (Å²) in [5, 5.41) is 0. The maximum Gasteiger partial charge on any atom is 0.410 e. The Balaban J connectivity index is 1.84. The van der Waals surface area contributed by atoms with Gasteiger partial charge in [0, 0.05) is 32.5 Å². The summed E-state index contributed by atoms with van der Waals surface area (Å²) in [6.45, 7) is 7.79. The monoisotopic (exact) mass is 272 g/mol. The molecule has 0 aliphatic carbocycles. The summed E-state index contributed by atoms with van der Waals surface area (Å²) in [7, 11) is 0. The minimum atomic E-state index is -0.539. The molecule has 0 radical (unpaired) electrons. The number of piperidine rings is 1. The molecule has 2 fully saturated rings. The molecule has 6 heteroatoms. The van der Waals surface area contributed by atoms with E-state index in [1.165, 1.54) is 0 Å². The van der Waals surface area contributed by atoms with Crippen LogP contribution in [0.3, 0.4) is 0 Å². The van der Waals surface area contributed by atoms with Gasteiger partial charge in [-0.3, -0.25) is 0 Å². The van der Waals surface area contributed by atoms with E-state index in [1.807, 2.05) is 20.8 Å². The highest BCUT2D eigenvalue weighted by molar-refractivity contribution is 5.68. The van der Waals surface area contributed by atoms with Crippen LogP contribution in [0.25, 0.3) is 0 Å². The van der Waals surface area contributed by atoms with Crippen molar-refractivity contribution < 1.29 is 19.0 Å². The van der Waals surface area contributed by atoms with Crippen molar-refractivity contribution in [1.82, 2.24) is 4.90 Å². The lowest BCUT2D eigenvalue weighted by atomic mass is 10.0. The Kier molecular flexibility index (Phi) is 4.03. The summed E-state index contributed by atoms with van der Waals surface area (Å²) < 4.78 is 16.9. The second-order valence-electron chi connectivity index (χ2n) is 6.16. The fraction of sp³-hybridized carbons (Fsp3) is 0.923. The zero-order valence-electron chi connectivity index (χ0n) is 12.0. The molecule has 110 valence electrons. The van der Waals surface area contributed by atoms with E-state index in [0.717, 1.165) is 0 Å². The summed E-state index contributed by atoms with van der Waals surface area (Å²) in [5.74, 6) is -0.539. The molecule has 2 N–H and O–H groups in total. The Bertz CT molecular complexity index is 332. The molecule has 1 atom stereocenters. The van der Waals surface area contributed by atoms with Gasteiger partial charge in [-0.2, -0.15) is 0 Å². The number of ether oxygens (including phenoxy) is 3. The van der Waals surface area contributed by atoms with E-state index < -0.39 is 11.4 Å². The Labute approximate surface area is 114 Å². The van der Waals surface area contributed by atoms with Crippen LogP contribution in [0.1, 0.15) is 33.6 Å². The van der Waals surface area contributed by atoms with Gasteiger partial charge in [0.15, 0.2) is 5.79 Å². The first-order chi connectivity index (χ1) is 8.84. The van der Waals surface area contributed by atoms with E-state index in [-0.39, 0.29) is 12.2 Å². The number of likely N-dealkylation sites (tertiary alicyclic amines) is 1. The molecule has 0 aromatic carbocycles. The lowest BCUT2D eigenvalue weighted by Crippen LogP contribution is -2.49. The largest absolute Gasteiger partial charge is 0.444 e. The Morgan fingerprint density at radius 2 is 2.05 bits per heavy atom. The van der Waals surface area contributed by atoms with Crippen LogP contribution in [0.4, 0.5) is 4.79 Å². The average molecular weight is 272 g/mol. The van der Waals surface area contributed by atoms with E-state index in [9.17, 15) is 4.79 Å². The maximum absolute atomic E-state index is 11.9. The third kappa shape index (κ3) is 3.58. The van der Waals surface area contributed by atoms with Gasteiger partial charge in [-0.25, -0.2) is 4.79 Å². The minimum absolute atomic E-state index is 0.0203. The summed E-state index contributed by atoms with van der Waals surface area (Å²) in [6, 6.07) is 0. The summed E-state index contributed by atoms with van der Waals surface area (Å²) >= 11 is 0. The van der Waals surface area contributed by atoms with Gasteiger partial charge < -0.3 is 24.8 Å². The predicted octanol–water partition coefficient (Wildman–Crippen LogP) is 1.09. The number of hydrogen-bond donors (Lipinski definition) is 1. The molecule has 0 aromatic rings. The first-order valence-corrected chi connectivity index (χ1v) is 6.83. The molecule has 1 spiro atoms. The molecule has 1 amide bonds. The van der Waals surface area contributed by atoms with Crippen molar-refractivity contribution in [3.63, 3.8) is 0 Å². The zero-order valence-corrected chi connectivity index (χ0v) is 12.0. The lowest BCUT2D eigenvalue weighted by Gasteiger charge is -2.38. The third-order valence-electron chi connectivity index (χ3n) is 3.35. The van der Waals surface area contributed by atoms with Crippen molar-refractivity contribution in [2.24, 2.45) is 5.73 Å². The van der Waals surface area contributed by atoms with Gasteiger partial charge in [0.1, 0.15) is 5.60 Å². The number of hydrogen-bond acceptors (Lipinski definition) is 5. The van der Waals surface area contributed by atoms with Crippen molar-refractivity contribution in [3.05, 3.63) is 0 Å². The van der Waals surface area contributed by atoms with Gasteiger partial charge in [-0.15, -0.1) is 0 Å². The van der Waals surface area contributed by atoms with Crippen molar-refractivity contribution in [3.8, 4) is 0 Å². The molecular formula is C13H24N2O4. The number of nitrogens with zero attached hydrogens (tertiary/aromatic N) is 1. The fourth-order valence-electron chi connectivity index (χ4n) is 2.35. The summed E-state index contributed by atoms with van der Waals surface area (Å²) in [5.41, 5.74) is 5.12. The van der Waals surface area contributed by atoms with E-state index in [2.05, 4.69) is 0 Å². The van der Waals surface area contributed by atoms with Crippen LogP contribution in [0.2, 0.25) is 0 Å². The smallest absolute Gasteiger partial charge is 0.410 e. The minimum Gasteiger partial charge on any atom is -0.444 e. The molecule has 2 rings (SSSR count). The molecule has 2 aliphatic rings. The quantitative estimate of drug-likeness (QED) is 0.773. The van der Waals surface area contributed by atoms with Crippen LogP contribution in [0, 0.1) is 0 Å². The highest BCUT2D eigenvalue weighted by Crippen LogP contribution is 2.34. The topological polar surface area (TPSA) is 74.0 Å². The van der Waals surface area contributed by atoms with Gasteiger partial charge in [-0.05, 0) is 20.8 Å². The Morgan fingerprint density at radius 1 is 1.42 bits per heavy atom. The highest BCUT2D eigenvalue weighted by Gasteiger charge is 2.44. The van der Waals surface area contributed by atoms with Gasteiger partial charge in [0.2, 0.25) is 0 Å². The second-order valence-corrected chi connectivity index (χ2v) is 6.16. The molecule has 1 unspecified atom stereocenters. The first kappa shape index (κ1) is 14.6. The summed E-state index contributed by atoms with van der Waals surface area (Å²) in [4.78, 5) is 13.6. The van der Waals surface area contributed by atoms with Crippen molar-refractivity contribution in [1.29, 1.82) is 0 Å². The zero-order chi connectivity index (χ0) is 14.1. The average Bonchev–Trinajstić information content (AvgIpc) is 2.71. The van der Waals surface area contributed by atoms with Crippen LogP contribution >= 0.6 is 0 Å². The molecule has 0 saturated carbocycles.